The van der Waals surface area contributed by atoms with Gasteiger partial charge in [0.1, 0.15) is 0 Å². The van der Waals surface area contributed by atoms with Crippen LogP contribution in [0.5, 0.6) is 0 Å². The van der Waals surface area contributed by atoms with Gasteiger partial charge in [0.05, 0.1) is 0 Å². The Morgan fingerprint density at radius 2 is 1.67 bits per heavy atom. The molecule has 0 fully saturated rings. The summed E-state index contributed by atoms with van der Waals surface area (Å²) in [6.45, 7) is 13.6. The van der Waals surface area contributed by atoms with Gasteiger partial charge in [-0.3, -0.25) is 0 Å². The second kappa shape index (κ2) is 6.94. The molecule has 0 aliphatic carbocycles. The highest BCUT2D eigenvalue weighted by Gasteiger charge is 2.15. The molecule has 0 aliphatic rings. The van der Waals surface area contributed by atoms with Crippen LogP contribution in [0, 0.1) is 5.92 Å². The van der Waals surface area contributed by atoms with Gasteiger partial charge in [-0.15, -0.1) is 0 Å². The Hall–Kier alpha value is -0.820. The van der Waals surface area contributed by atoms with Crippen molar-refractivity contribution in [2.75, 3.05) is 0 Å². The Morgan fingerprint density at radius 3 is 2.22 bits per heavy atom. The third-order valence-corrected chi connectivity index (χ3v) is 3.47. The molecule has 2 unspecified atom stereocenters. The molecule has 1 N–H and O–H groups in total. The fraction of sp³-hybridized carbons (Fsp3) is 0.647. The van der Waals surface area contributed by atoms with Crippen LogP contribution in [0.4, 0.5) is 0 Å². The molecule has 0 bridgehead atoms. The first-order chi connectivity index (χ1) is 8.40. The summed E-state index contributed by atoms with van der Waals surface area (Å²) in [5.41, 5.74) is 2.92. The van der Waals surface area contributed by atoms with Crippen molar-refractivity contribution in [1.29, 1.82) is 0 Å². The molecule has 0 heterocycles. The van der Waals surface area contributed by atoms with E-state index in [9.17, 15) is 0 Å². The molecule has 1 aromatic carbocycles. The van der Waals surface area contributed by atoms with Crippen molar-refractivity contribution in [2.45, 2.75) is 66.0 Å². The van der Waals surface area contributed by atoms with Gasteiger partial charge in [0.25, 0.3) is 0 Å². The van der Waals surface area contributed by atoms with Gasteiger partial charge in [-0.1, -0.05) is 58.9 Å². The van der Waals surface area contributed by atoms with Crippen LogP contribution in [-0.2, 0) is 6.42 Å². The number of hydrogen-bond donors (Lipinski definition) is 1. The first-order valence-corrected chi connectivity index (χ1v) is 7.25. The van der Waals surface area contributed by atoms with E-state index in [4.69, 9.17) is 0 Å². The van der Waals surface area contributed by atoms with E-state index in [1.54, 1.807) is 0 Å². The van der Waals surface area contributed by atoms with E-state index in [1.165, 1.54) is 17.5 Å². The molecule has 0 spiro atoms. The van der Waals surface area contributed by atoms with E-state index in [-0.39, 0.29) is 0 Å². The minimum Gasteiger partial charge on any atom is -0.311 e. The maximum absolute atomic E-state index is 3.60. The van der Waals surface area contributed by atoms with Crippen LogP contribution >= 0.6 is 0 Å². The molecular formula is C17H29N. The largest absolute Gasteiger partial charge is 0.311 e. The molecule has 1 rings (SSSR count). The zero-order valence-corrected chi connectivity index (χ0v) is 12.8. The summed E-state index contributed by atoms with van der Waals surface area (Å²) in [4.78, 5) is 0. The van der Waals surface area contributed by atoms with E-state index in [2.05, 4.69) is 71.1 Å². The normalized spacial score (nSPS) is 15.1. The van der Waals surface area contributed by atoms with Crippen LogP contribution in [0.3, 0.4) is 0 Å². The molecule has 1 nitrogen and oxygen atoms in total. The standard InChI is InChI=1S/C17H29N/c1-12(2)10-16-8-7-9-17(11-16)14(5)15(6)18-13(3)4/h7-9,11-15,18H,10H2,1-6H3. The van der Waals surface area contributed by atoms with Gasteiger partial charge in [0, 0.05) is 12.1 Å². The Morgan fingerprint density at radius 1 is 1.00 bits per heavy atom. The molecule has 0 saturated heterocycles. The molecule has 0 aromatic heterocycles. The van der Waals surface area contributed by atoms with E-state index in [0.29, 0.717) is 18.0 Å². The SMILES string of the molecule is CC(C)Cc1cccc(C(C)C(C)NC(C)C)c1. The molecule has 0 aliphatic heterocycles. The summed E-state index contributed by atoms with van der Waals surface area (Å²) in [7, 11) is 0. The summed E-state index contributed by atoms with van der Waals surface area (Å²) < 4.78 is 0. The first kappa shape index (κ1) is 15.2. The molecule has 102 valence electrons. The maximum Gasteiger partial charge on any atom is 0.0107 e. The number of rotatable bonds is 6. The summed E-state index contributed by atoms with van der Waals surface area (Å²) in [6, 6.07) is 10.1. The van der Waals surface area contributed by atoms with Crippen molar-refractivity contribution in [1.82, 2.24) is 5.32 Å². The molecular weight excluding hydrogens is 218 g/mol. The summed E-state index contributed by atoms with van der Waals surface area (Å²) in [5.74, 6) is 1.28. The quantitative estimate of drug-likeness (QED) is 0.787. The minimum absolute atomic E-state index is 0.513. The fourth-order valence-electron chi connectivity index (χ4n) is 2.43. The highest BCUT2D eigenvalue weighted by atomic mass is 14.9. The predicted octanol–water partition coefficient (Wildman–Crippen LogP) is 4.38. The Labute approximate surface area is 113 Å². The maximum atomic E-state index is 3.60. The highest BCUT2D eigenvalue weighted by molar-refractivity contribution is 5.27. The van der Waals surface area contributed by atoms with Gasteiger partial charge in [0.15, 0.2) is 0 Å². The third-order valence-electron chi connectivity index (χ3n) is 3.47. The molecule has 1 heteroatoms. The lowest BCUT2D eigenvalue weighted by molar-refractivity contribution is 0.439. The third kappa shape index (κ3) is 4.81. The Kier molecular flexibility index (Phi) is 5.87. The van der Waals surface area contributed by atoms with Gasteiger partial charge in [-0.25, -0.2) is 0 Å². The van der Waals surface area contributed by atoms with Crippen molar-refractivity contribution in [2.24, 2.45) is 5.92 Å². The second-order valence-electron chi connectivity index (χ2n) is 6.24. The van der Waals surface area contributed by atoms with E-state index >= 15 is 0 Å². The van der Waals surface area contributed by atoms with Crippen molar-refractivity contribution in [3.63, 3.8) is 0 Å². The van der Waals surface area contributed by atoms with Gasteiger partial charge in [-0.2, -0.15) is 0 Å². The zero-order valence-electron chi connectivity index (χ0n) is 12.8. The smallest absolute Gasteiger partial charge is 0.0107 e. The van der Waals surface area contributed by atoms with Crippen molar-refractivity contribution in [3.8, 4) is 0 Å². The average molecular weight is 247 g/mol. The van der Waals surface area contributed by atoms with Crippen LogP contribution in [-0.4, -0.2) is 12.1 Å². The topological polar surface area (TPSA) is 12.0 Å². The average Bonchev–Trinajstić information content (AvgIpc) is 2.26. The lowest BCUT2D eigenvalue weighted by atomic mass is 9.91. The van der Waals surface area contributed by atoms with E-state index in [1.807, 2.05) is 0 Å². The van der Waals surface area contributed by atoms with Crippen LogP contribution in [0.2, 0.25) is 0 Å². The fourth-order valence-corrected chi connectivity index (χ4v) is 2.43. The van der Waals surface area contributed by atoms with Crippen LogP contribution in [0.25, 0.3) is 0 Å². The molecule has 0 saturated carbocycles. The number of hydrogen-bond acceptors (Lipinski definition) is 1. The molecule has 2 atom stereocenters. The highest BCUT2D eigenvalue weighted by Crippen LogP contribution is 2.21. The van der Waals surface area contributed by atoms with E-state index in [0.717, 1.165) is 5.92 Å². The van der Waals surface area contributed by atoms with Crippen molar-refractivity contribution >= 4 is 0 Å². The van der Waals surface area contributed by atoms with Crippen molar-refractivity contribution in [3.05, 3.63) is 35.4 Å². The second-order valence-corrected chi connectivity index (χ2v) is 6.24. The number of nitrogens with one attached hydrogen (secondary N) is 1. The van der Waals surface area contributed by atoms with Crippen LogP contribution < -0.4 is 5.32 Å². The first-order valence-electron chi connectivity index (χ1n) is 7.25. The monoisotopic (exact) mass is 247 g/mol. The Balaban J connectivity index is 2.76. The zero-order chi connectivity index (χ0) is 13.7. The van der Waals surface area contributed by atoms with Gasteiger partial charge < -0.3 is 5.32 Å². The van der Waals surface area contributed by atoms with Gasteiger partial charge >= 0.3 is 0 Å². The molecule has 1 aromatic rings. The molecule has 0 amide bonds. The lowest BCUT2D eigenvalue weighted by Gasteiger charge is -2.24. The molecule has 0 radical (unpaired) electrons. The van der Waals surface area contributed by atoms with Crippen molar-refractivity contribution < 1.29 is 0 Å². The lowest BCUT2D eigenvalue weighted by Crippen LogP contribution is -2.36. The predicted molar refractivity (Wildman–Crippen MR) is 81.1 cm³/mol. The summed E-state index contributed by atoms with van der Waals surface area (Å²) >= 11 is 0. The number of benzene rings is 1. The van der Waals surface area contributed by atoms with Crippen LogP contribution in [0.15, 0.2) is 24.3 Å². The minimum atomic E-state index is 0.513. The van der Waals surface area contributed by atoms with Gasteiger partial charge in [-0.05, 0) is 36.3 Å². The summed E-state index contributed by atoms with van der Waals surface area (Å²) in [5, 5.41) is 3.60. The van der Waals surface area contributed by atoms with E-state index < -0.39 is 0 Å². The molecule has 18 heavy (non-hydrogen) atoms. The Bertz CT molecular complexity index is 354. The van der Waals surface area contributed by atoms with Crippen LogP contribution in [0.1, 0.15) is 58.6 Å². The van der Waals surface area contributed by atoms with Gasteiger partial charge in [0.2, 0.25) is 0 Å². The summed E-state index contributed by atoms with van der Waals surface area (Å²) in [6.07, 6.45) is 1.17.